The van der Waals surface area contributed by atoms with Gasteiger partial charge in [-0.25, -0.2) is 9.79 Å². The number of halogens is 1. The van der Waals surface area contributed by atoms with Crippen LogP contribution < -0.4 is 4.74 Å². The maximum atomic E-state index is 12.2. The number of carbonyl (C=O) groups is 1. The Balaban J connectivity index is 1.61. The maximum absolute atomic E-state index is 12.2. The van der Waals surface area contributed by atoms with Crippen molar-refractivity contribution in [3.8, 4) is 11.5 Å². The Kier molecular flexibility index (Phi) is 5.02. The lowest BCUT2D eigenvalue weighted by Gasteiger charge is -2.05. The van der Waals surface area contributed by atoms with E-state index in [4.69, 9.17) is 9.47 Å². The van der Waals surface area contributed by atoms with Gasteiger partial charge in [-0.2, -0.15) is 0 Å². The molecule has 1 aliphatic rings. The molecule has 27 heavy (non-hydrogen) atoms. The summed E-state index contributed by atoms with van der Waals surface area (Å²) in [6, 6.07) is 24.6. The van der Waals surface area contributed by atoms with Gasteiger partial charge in [-0.1, -0.05) is 42.5 Å². The minimum atomic E-state index is -0.459. The van der Waals surface area contributed by atoms with Gasteiger partial charge in [0.25, 0.3) is 0 Å². The van der Waals surface area contributed by atoms with Crippen LogP contribution in [0, 0.1) is 3.57 Å². The largest absolute Gasteiger partial charge is 0.457 e. The third kappa shape index (κ3) is 4.09. The molecular formula is C22H14INO3. The highest BCUT2D eigenvalue weighted by molar-refractivity contribution is 14.1. The SMILES string of the molecule is O=C1OC(c2ccccc2I)=N/C1=C\c1cccc(Oc2ccccc2)c1. The zero-order valence-corrected chi connectivity index (χ0v) is 16.3. The van der Waals surface area contributed by atoms with Crippen LogP contribution in [0.4, 0.5) is 0 Å². The first-order valence-corrected chi connectivity index (χ1v) is 9.37. The van der Waals surface area contributed by atoms with Crippen molar-refractivity contribution in [3.05, 3.63) is 99.3 Å². The van der Waals surface area contributed by atoms with Crippen LogP contribution in [0.25, 0.3) is 6.08 Å². The molecule has 0 saturated carbocycles. The van der Waals surface area contributed by atoms with E-state index in [-0.39, 0.29) is 5.70 Å². The van der Waals surface area contributed by atoms with E-state index in [0.717, 1.165) is 20.4 Å². The molecule has 0 fully saturated rings. The van der Waals surface area contributed by atoms with E-state index in [9.17, 15) is 4.79 Å². The van der Waals surface area contributed by atoms with Crippen molar-refractivity contribution in [1.29, 1.82) is 0 Å². The maximum Gasteiger partial charge on any atom is 0.363 e. The lowest BCUT2D eigenvalue weighted by Crippen LogP contribution is -2.06. The number of aliphatic imine (C=N–C) groups is 1. The fourth-order valence-electron chi connectivity index (χ4n) is 2.61. The second kappa shape index (κ2) is 7.75. The Hall–Kier alpha value is -2.93. The molecule has 1 aliphatic heterocycles. The Morgan fingerprint density at radius 2 is 1.63 bits per heavy atom. The minimum Gasteiger partial charge on any atom is -0.457 e. The van der Waals surface area contributed by atoms with Crippen molar-refractivity contribution in [1.82, 2.24) is 0 Å². The van der Waals surface area contributed by atoms with Gasteiger partial charge in [0.15, 0.2) is 5.70 Å². The van der Waals surface area contributed by atoms with E-state index < -0.39 is 5.97 Å². The molecule has 0 radical (unpaired) electrons. The van der Waals surface area contributed by atoms with E-state index in [1.165, 1.54) is 0 Å². The number of hydrogen-bond donors (Lipinski definition) is 0. The molecule has 0 amide bonds. The quantitative estimate of drug-likeness (QED) is 0.292. The Bertz CT molecular complexity index is 1060. The monoisotopic (exact) mass is 467 g/mol. The van der Waals surface area contributed by atoms with Crippen LogP contribution in [-0.4, -0.2) is 11.9 Å². The second-order valence-corrected chi connectivity index (χ2v) is 6.97. The molecule has 0 aliphatic carbocycles. The molecule has 4 nitrogen and oxygen atoms in total. The van der Waals surface area contributed by atoms with E-state index in [2.05, 4.69) is 27.6 Å². The van der Waals surface area contributed by atoms with Crippen LogP contribution in [0.1, 0.15) is 11.1 Å². The number of ether oxygens (including phenoxy) is 2. The van der Waals surface area contributed by atoms with Crippen LogP contribution in [0.3, 0.4) is 0 Å². The molecule has 1 heterocycles. The van der Waals surface area contributed by atoms with Crippen LogP contribution >= 0.6 is 22.6 Å². The number of para-hydroxylation sites is 1. The molecule has 0 saturated heterocycles. The first-order chi connectivity index (χ1) is 13.2. The Morgan fingerprint density at radius 3 is 2.44 bits per heavy atom. The summed E-state index contributed by atoms with van der Waals surface area (Å²) in [6.45, 7) is 0. The first-order valence-electron chi connectivity index (χ1n) is 8.29. The molecule has 3 aromatic rings. The number of cyclic esters (lactones) is 1. The smallest absolute Gasteiger partial charge is 0.363 e. The molecule has 0 N–H and O–H groups in total. The third-order valence-electron chi connectivity index (χ3n) is 3.87. The van der Waals surface area contributed by atoms with Crippen molar-refractivity contribution in [2.45, 2.75) is 0 Å². The summed E-state index contributed by atoms with van der Waals surface area (Å²) in [5.41, 5.74) is 1.88. The molecule has 0 unspecified atom stereocenters. The molecule has 4 rings (SSSR count). The van der Waals surface area contributed by atoms with Crippen molar-refractivity contribution < 1.29 is 14.3 Å². The van der Waals surface area contributed by atoms with Gasteiger partial charge in [-0.15, -0.1) is 0 Å². The summed E-state index contributed by atoms with van der Waals surface area (Å²) in [4.78, 5) is 16.6. The van der Waals surface area contributed by atoms with E-state index in [0.29, 0.717) is 11.6 Å². The predicted molar refractivity (Wildman–Crippen MR) is 113 cm³/mol. The predicted octanol–water partition coefficient (Wildman–Crippen LogP) is 5.43. The van der Waals surface area contributed by atoms with Crippen LogP contribution in [-0.2, 0) is 9.53 Å². The average Bonchev–Trinajstić information content (AvgIpc) is 3.03. The number of esters is 1. The summed E-state index contributed by atoms with van der Waals surface area (Å²) in [7, 11) is 0. The molecule has 0 bridgehead atoms. The zero-order valence-electron chi connectivity index (χ0n) is 14.1. The highest BCUT2D eigenvalue weighted by atomic mass is 127. The molecule has 132 valence electrons. The third-order valence-corrected chi connectivity index (χ3v) is 4.81. The summed E-state index contributed by atoms with van der Waals surface area (Å²) in [5.74, 6) is 1.30. The summed E-state index contributed by atoms with van der Waals surface area (Å²) in [6.07, 6.45) is 1.70. The fraction of sp³-hybridized carbons (Fsp3) is 0. The van der Waals surface area contributed by atoms with E-state index in [1.807, 2.05) is 78.9 Å². The molecule has 3 aromatic carbocycles. The fourth-order valence-corrected chi connectivity index (χ4v) is 3.23. The van der Waals surface area contributed by atoms with Crippen LogP contribution in [0.5, 0.6) is 11.5 Å². The topological polar surface area (TPSA) is 47.9 Å². The summed E-state index contributed by atoms with van der Waals surface area (Å²) in [5, 5.41) is 0. The molecular weight excluding hydrogens is 453 g/mol. The highest BCUT2D eigenvalue weighted by Crippen LogP contribution is 2.25. The van der Waals surface area contributed by atoms with Crippen molar-refractivity contribution >= 4 is 40.5 Å². The van der Waals surface area contributed by atoms with Gasteiger partial charge in [0.1, 0.15) is 11.5 Å². The molecule has 0 atom stereocenters. The zero-order chi connectivity index (χ0) is 18.6. The van der Waals surface area contributed by atoms with Gasteiger partial charge in [0.05, 0.1) is 5.56 Å². The number of hydrogen-bond acceptors (Lipinski definition) is 4. The number of carbonyl (C=O) groups excluding carboxylic acids is 1. The number of nitrogens with zero attached hydrogens (tertiary/aromatic N) is 1. The second-order valence-electron chi connectivity index (χ2n) is 5.80. The van der Waals surface area contributed by atoms with Crippen molar-refractivity contribution in [2.24, 2.45) is 4.99 Å². The lowest BCUT2D eigenvalue weighted by atomic mass is 10.2. The van der Waals surface area contributed by atoms with Crippen molar-refractivity contribution in [3.63, 3.8) is 0 Å². The first kappa shape index (κ1) is 17.5. The van der Waals surface area contributed by atoms with Crippen molar-refractivity contribution in [2.75, 3.05) is 0 Å². The standard InChI is InChI=1S/C22H14INO3/c23-19-12-5-4-11-18(19)21-24-20(22(25)27-21)14-15-7-6-10-17(13-15)26-16-8-2-1-3-9-16/h1-14H/b20-14-. The van der Waals surface area contributed by atoms with Crippen LogP contribution in [0.2, 0.25) is 0 Å². The average molecular weight is 467 g/mol. The van der Waals surface area contributed by atoms with Gasteiger partial charge in [0, 0.05) is 3.57 Å². The van der Waals surface area contributed by atoms with Gasteiger partial charge in [-0.3, -0.25) is 0 Å². The minimum absolute atomic E-state index is 0.265. The molecule has 0 aromatic heterocycles. The summed E-state index contributed by atoms with van der Waals surface area (Å²) < 4.78 is 12.2. The van der Waals surface area contributed by atoms with E-state index in [1.54, 1.807) is 6.08 Å². The number of benzene rings is 3. The number of rotatable bonds is 4. The molecule has 0 spiro atoms. The van der Waals surface area contributed by atoms with Gasteiger partial charge in [0.2, 0.25) is 5.90 Å². The highest BCUT2D eigenvalue weighted by Gasteiger charge is 2.25. The Morgan fingerprint density at radius 1 is 0.889 bits per heavy atom. The molecule has 5 heteroatoms. The normalized spacial score (nSPS) is 14.8. The summed E-state index contributed by atoms with van der Waals surface area (Å²) >= 11 is 2.19. The lowest BCUT2D eigenvalue weighted by molar-refractivity contribution is -0.129. The Labute approximate surface area is 170 Å². The van der Waals surface area contributed by atoms with Gasteiger partial charge in [-0.05, 0) is 70.6 Å². The van der Waals surface area contributed by atoms with Crippen LogP contribution in [0.15, 0.2) is 89.6 Å². The van der Waals surface area contributed by atoms with Gasteiger partial charge < -0.3 is 9.47 Å². The van der Waals surface area contributed by atoms with Gasteiger partial charge >= 0.3 is 5.97 Å². The van der Waals surface area contributed by atoms with E-state index >= 15 is 0 Å².